The highest BCUT2D eigenvalue weighted by molar-refractivity contribution is 6.04. The molecule has 0 aliphatic rings. The summed E-state index contributed by atoms with van der Waals surface area (Å²) < 4.78 is 10.5. The van der Waals surface area contributed by atoms with Gasteiger partial charge in [-0.3, -0.25) is 9.59 Å². The Morgan fingerprint density at radius 2 is 1.72 bits per heavy atom. The van der Waals surface area contributed by atoms with E-state index in [1.165, 1.54) is 0 Å². The predicted molar refractivity (Wildman–Crippen MR) is 93.9 cm³/mol. The number of methoxy groups -OCH3 is 1. The van der Waals surface area contributed by atoms with Crippen LogP contribution in [0.1, 0.15) is 28.8 Å². The third kappa shape index (κ3) is 6.27. The number of rotatable bonds is 9. The summed E-state index contributed by atoms with van der Waals surface area (Å²) in [6, 6.07) is 14.2. The van der Waals surface area contributed by atoms with Gasteiger partial charge in [-0.25, -0.2) is 0 Å². The molecule has 0 unspecified atom stereocenters. The Balaban J connectivity index is 1.85. The number of benzene rings is 2. The second-order valence-corrected chi connectivity index (χ2v) is 5.45. The summed E-state index contributed by atoms with van der Waals surface area (Å²) in [6.45, 7) is 0.849. The third-order valence-electron chi connectivity index (χ3n) is 3.44. The maximum atomic E-state index is 12.2. The van der Waals surface area contributed by atoms with Crippen LogP contribution in [0.2, 0.25) is 0 Å². The molecule has 0 aromatic heterocycles. The van der Waals surface area contributed by atoms with Crippen LogP contribution in [0.15, 0.2) is 48.5 Å². The number of ether oxygens (including phenoxy) is 2. The number of aliphatic carboxylic acids is 1. The average Bonchev–Trinajstić information content (AvgIpc) is 2.61. The Bertz CT molecular complexity index is 695. The molecule has 6 nitrogen and oxygen atoms in total. The van der Waals surface area contributed by atoms with Crippen molar-refractivity contribution in [1.82, 2.24) is 0 Å². The molecule has 2 rings (SSSR count). The van der Waals surface area contributed by atoms with Crippen molar-refractivity contribution in [3.63, 3.8) is 0 Å². The maximum absolute atomic E-state index is 12.2. The van der Waals surface area contributed by atoms with Gasteiger partial charge in [0.2, 0.25) is 0 Å². The van der Waals surface area contributed by atoms with Gasteiger partial charge in [-0.2, -0.15) is 0 Å². The Hall–Kier alpha value is -2.86. The zero-order chi connectivity index (χ0) is 18.1. The topological polar surface area (TPSA) is 84.9 Å². The highest BCUT2D eigenvalue weighted by Crippen LogP contribution is 2.17. The Morgan fingerprint density at radius 3 is 2.32 bits per heavy atom. The minimum atomic E-state index is -0.836. The molecule has 25 heavy (non-hydrogen) atoms. The lowest BCUT2D eigenvalue weighted by atomic mass is 10.1. The fourth-order valence-corrected chi connectivity index (χ4v) is 2.17. The van der Waals surface area contributed by atoms with Gasteiger partial charge >= 0.3 is 5.97 Å². The van der Waals surface area contributed by atoms with E-state index in [9.17, 15) is 9.59 Å². The Morgan fingerprint density at radius 1 is 1.04 bits per heavy atom. The van der Waals surface area contributed by atoms with Crippen LogP contribution in [0.25, 0.3) is 0 Å². The molecule has 0 saturated heterocycles. The van der Waals surface area contributed by atoms with Gasteiger partial charge in [0.25, 0.3) is 5.91 Å². The van der Waals surface area contributed by atoms with Crippen molar-refractivity contribution in [3.8, 4) is 5.75 Å². The van der Waals surface area contributed by atoms with E-state index in [2.05, 4.69) is 5.32 Å². The highest BCUT2D eigenvalue weighted by atomic mass is 16.5. The molecule has 1 amide bonds. The van der Waals surface area contributed by atoms with E-state index in [-0.39, 0.29) is 12.3 Å². The summed E-state index contributed by atoms with van der Waals surface area (Å²) in [5.74, 6) is -0.400. The summed E-state index contributed by atoms with van der Waals surface area (Å²) in [4.78, 5) is 22.6. The largest absolute Gasteiger partial charge is 0.494 e. The van der Waals surface area contributed by atoms with Crippen molar-refractivity contribution in [2.75, 3.05) is 19.0 Å². The van der Waals surface area contributed by atoms with Crippen LogP contribution in [0.3, 0.4) is 0 Å². The van der Waals surface area contributed by atoms with E-state index in [4.69, 9.17) is 14.6 Å². The first kappa shape index (κ1) is 18.5. The molecule has 0 atom stereocenters. The minimum absolute atomic E-state index is 0.0807. The van der Waals surface area contributed by atoms with Crippen LogP contribution >= 0.6 is 0 Å². The zero-order valence-electron chi connectivity index (χ0n) is 14.0. The summed E-state index contributed by atoms with van der Waals surface area (Å²) in [6.07, 6.45) is 0.532. The lowest BCUT2D eigenvalue weighted by Crippen LogP contribution is -2.11. The second-order valence-electron chi connectivity index (χ2n) is 5.45. The monoisotopic (exact) mass is 343 g/mol. The fraction of sp³-hybridized carbons (Fsp3) is 0.263. The van der Waals surface area contributed by atoms with Crippen molar-refractivity contribution in [1.29, 1.82) is 0 Å². The third-order valence-corrected chi connectivity index (χ3v) is 3.44. The lowest BCUT2D eigenvalue weighted by molar-refractivity contribution is -0.137. The molecular weight excluding hydrogens is 322 g/mol. The number of hydrogen-bond acceptors (Lipinski definition) is 4. The van der Waals surface area contributed by atoms with Gasteiger partial charge in [0.05, 0.1) is 13.2 Å². The van der Waals surface area contributed by atoms with Gasteiger partial charge in [-0.15, -0.1) is 0 Å². The van der Waals surface area contributed by atoms with E-state index in [0.29, 0.717) is 36.6 Å². The van der Waals surface area contributed by atoms with E-state index in [1.807, 2.05) is 12.1 Å². The molecule has 0 saturated carbocycles. The molecular formula is C19H21NO5. The Kier molecular flexibility index (Phi) is 6.98. The van der Waals surface area contributed by atoms with Crippen LogP contribution in [0, 0.1) is 0 Å². The normalized spacial score (nSPS) is 10.3. The van der Waals surface area contributed by atoms with Crippen LogP contribution in [-0.4, -0.2) is 30.7 Å². The number of carbonyl (C=O) groups is 2. The smallest absolute Gasteiger partial charge is 0.303 e. The molecule has 0 spiro atoms. The van der Waals surface area contributed by atoms with Crippen molar-refractivity contribution in [2.45, 2.75) is 19.4 Å². The quantitative estimate of drug-likeness (QED) is 0.682. The molecule has 0 aliphatic carbocycles. The number of carboxylic acid groups (broad SMARTS) is 1. The van der Waals surface area contributed by atoms with Crippen LogP contribution < -0.4 is 10.1 Å². The number of carbonyl (C=O) groups excluding carboxylic acids is 1. The average molecular weight is 343 g/mol. The van der Waals surface area contributed by atoms with E-state index >= 15 is 0 Å². The van der Waals surface area contributed by atoms with E-state index in [1.54, 1.807) is 43.5 Å². The van der Waals surface area contributed by atoms with Gasteiger partial charge in [0.1, 0.15) is 5.75 Å². The predicted octanol–water partition coefficient (Wildman–Crippen LogP) is 3.33. The summed E-state index contributed by atoms with van der Waals surface area (Å²) in [7, 11) is 1.63. The van der Waals surface area contributed by atoms with Crippen molar-refractivity contribution >= 4 is 17.6 Å². The van der Waals surface area contributed by atoms with Crippen LogP contribution in [0.5, 0.6) is 5.75 Å². The fourth-order valence-electron chi connectivity index (χ4n) is 2.17. The molecule has 0 aliphatic heterocycles. The van der Waals surface area contributed by atoms with Crippen molar-refractivity contribution < 1.29 is 24.2 Å². The first-order chi connectivity index (χ1) is 12.1. The lowest BCUT2D eigenvalue weighted by Gasteiger charge is -2.08. The minimum Gasteiger partial charge on any atom is -0.494 e. The highest BCUT2D eigenvalue weighted by Gasteiger charge is 2.06. The molecule has 2 aromatic carbocycles. The molecule has 0 heterocycles. The number of anilines is 1. The van der Waals surface area contributed by atoms with Gasteiger partial charge in [0.15, 0.2) is 0 Å². The van der Waals surface area contributed by atoms with E-state index in [0.717, 1.165) is 5.56 Å². The van der Waals surface area contributed by atoms with Crippen molar-refractivity contribution in [3.05, 3.63) is 59.7 Å². The summed E-state index contributed by atoms with van der Waals surface area (Å²) in [5, 5.41) is 11.4. The number of carboxylic acids is 1. The molecule has 0 fully saturated rings. The number of nitrogens with one attached hydrogen (secondary N) is 1. The molecule has 0 radical (unpaired) electrons. The SMILES string of the molecule is COCc1ccc(C(=O)Nc2ccc(OCCCC(=O)O)cc2)cc1. The van der Waals surface area contributed by atoms with E-state index < -0.39 is 5.97 Å². The van der Waals surface area contributed by atoms with Crippen molar-refractivity contribution in [2.24, 2.45) is 0 Å². The van der Waals surface area contributed by atoms with Gasteiger partial charge in [-0.05, 0) is 48.4 Å². The number of hydrogen-bond donors (Lipinski definition) is 2. The molecule has 6 heteroatoms. The van der Waals surface area contributed by atoms with Gasteiger partial charge in [0, 0.05) is 24.8 Å². The molecule has 0 bridgehead atoms. The number of amides is 1. The molecule has 2 aromatic rings. The summed E-state index contributed by atoms with van der Waals surface area (Å²) in [5.41, 5.74) is 2.22. The van der Waals surface area contributed by atoms with Crippen LogP contribution in [-0.2, 0) is 16.1 Å². The maximum Gasteiger partial charge on any atom is 0.303 e. The zero-order valence-corrected chi connectivity index (χ0v) is 14.0. The summed E-state index contributed by atoms with van der Waals surface area (Å²) >= 11 is 0. The first-order valence-corrected chi connectivity index (χ1v) is 7.92. The molecule has 2 N–H and O–H groups in total. The Labute approximate surface area is 146 Å². The van der Waals surface area contributed by atoms with Gasteiger partial charge in [-0.1, -0.05) is 12.1 Å². The van der Waals surface area contributed by atoms with Crippen LogP contribution in [0.4, 0.5) is 5.69 Å². The molecule has 132 valence electrons. The van der Waals surface area contributed by atoms with Gasteiger partial charge < -0.3 is 19.9 Å². The standard InChI is InChI=1S/C19H21NO5/c1-24-13-14-4-6-15(7-5-14)19(23)20-16-8-10-17(11-9-16)25-12-2-3-18(21)22/h4-11H,2-3,12-13H2,1H3,(H,20,23)(H,21,22). The first-order valence-electron chi connectivity index (χ1n) is 7.92. The second kappa shape index (κ2) is 9.44.